The number of aromatic nitrogens is 2. The Morgan fingerprint density at radius 2 is 2.12 bits per heavy atom. The topological polar surface area (TPSA) is 44.1 Å². The Balaban J connectivity index is 1.57. The van der Waals surface area contributed by atoms with E-state index in [9.17, 15) is 4.79 Å². The van der Waals surface area contributed by atoms with Gasteiger partial charge < -0.3 is 4.74 Å². The van der Waals surface area contributed by atoms with E-state index in [1.165, 1.54) is 5.56 Å². The van der Waals surface area contributed by atoms with Crippen molar-refractivity contribution >= 4 is 35.0 Å². The van der Waals surface area contributed by atoms with Gasteiger partial charge in [-0.05, 0) is 49.8 Å². The highest BCUT2D eigenvalue weighted by Crippen LogP contribution is 2.32. The summed E-state index contributed by atoms with van der Waals surface area (Å²) in [6, 6.07) is 5.63. The summed E-state index contributed by atoms with van der Waals surface area (Å²) in [7, 11) is 0. The first-order valence-electron chi connectivity index (χ1n) is 8.93. The van der Waals surface area contributed by atoms with Crippen LogP contribution in [-0.4, -0.2) is 22.3 Å². The maximum atomic E-state index is 12.6. The normalized spacial score (nSPS) is 19.1. The van der Waals surface area contributed by atoms with E-state index >= 15 is 0 Å². The van der Waals surface area contributed by atoms with Gasteiger partial charge in [-0.3, -0.25) is 4.57 Å². The molecule has 0 bridgehead atoms. The first-order chi connectivity index (χ1) is 12.6. The van der Waals surface area contributed by atoms with Crippen molar-refractivity contribution in [3.63, 3.8) is 0 Å². The molecule has 1 aliphatic carbocycles. The molecule has 1 saturated heterocycles. The molecule has 7 heteroatoms. The van der Waals surface area contributed by atoms with Crippen LogP contribution in [0.25, 0.3) is 0 Å². The summed E-state index contributed by atoms with van der Waals surface area (Å²) in [5, 5.41) is 1.96. The van der Waals surface area contributed by atoms with Crippen LogP contribution >= 0.6 is 35.0 Å². The maximum Gasteiger partial charge on any atom is 0.348 e. The van der Waals surface area contributed by atoms with E-state index < -0.39 is 0 Å². The predicted molar refractivity (Wildman–Crippen MR) is 106 cm³/mol. The number of ether oxygens (including phenoxy) is 1. The minimum Gasteiger partial charge on any atom is -0.376 e. The molecule has 0 radical (unpaired) electrons. The van der Waals surface area contributed by atoms with Gasteiger partial charge in [-0.1, -0.05) is 29.3 Å². The van der Waals surface area contributed by atoms with Crippen molar-refractivity contribution in [3.05, 3.63) is 55.5 Å². The molecule has 0 amide bonds. The second-order valence-electron chi connectivity index (χ2n) is 6.76. The molecule has 1 fully saturated rings. The van der Waals surface area contributed by atoms with Gasteiger partial charge in [-0.25, -0.2) is 4.79 Å². The van der Waals surface area contributed by atoms with E-state index in [0.717, 1.165) is 55.0 Å². The van der Waals surface area contributed by atoms with Crippen molar-refractivity contribution < 1.29 is 4.74 Å². The van der Waals surface area contributed by atoms with Gasteiger partial charge in [0.2, 0.25) is 0 Å². The fraction of sp³-hybridized carbons (Fsp3) is 0.474. The average molecular weight is 411 g/mol. The quantitative estimate of drug-likeness (QED) is 0.537. The fourth-order valence-corrected chi connectivity index (χ4v) is 5.01. The molecule has 1 atom stereocenters. The van der Waals surface area contributed by atoms with Crippen molar-refractivity contribution in [2.24, 2.45) is 0 Å². The minimum absolute atomic E-state index is 0.147. The molecular formula is C19H20Cl2N2O2S. The summed E-state index contributed by atoms with van der Waals surface area (Å²) in [6.07, 6.45) is 5.25. The lowest BCUT2D eigenvalue weighted by Crippen LogP contribution is -2.31. The number of fused-ring (bicyclic) bond motifs is 1. The fourth-order valence-electron chi connectivity index (χ4n) is 3.67. The molecule has 1 aromatic carbocycles. The molecular weight excluding hydrogens is 391 g/mol. The second-order valence-corrected chi connectivity index (χ2v) is 8.54. The zero-order chi connectivity index (χ0) is 18.1. The Morgan fingerprint density at radius 1 is 1.23 bits per heavy atom. The van der Waals surface area contributed by atoms with E-state index in [-0.39, 0.29) is 11.8 Å². The summed E-state index contributed by atoms with van der Waals surface area (Å²) in [4.78, 5) is 17.0. The van der Waals surface area contributed by atoms with Crippen LogP contribution in [-0.2, 0) is 29.9 Å². The van der Waals surface area contributed by atoms with E-state index in [4.69, 9.17) is 27.9 Å². The summed E-state index contributed by atoms with van der Waals surface area (Å²) < 4.78 is 7.56. The number of benzene rings is 1. The van der Waals surface area contributed by atoms with Crippen molar-refractivity contribution in [2.75, 3.05) is 6.61 Å². The average Bonchev–Trinajstić information content (AvgIpc) is 3.30. The Kier molecular flexibility index (Phi) is 5.60. The summed E-state index contributed by atoms with van der Waals surface area (Å²) in [5.74, 6) is 0.714. The van der Waals surface area contributed by atoms with Crippen LogP contribution in [0, 0.1) is 0 Å². The predicted octanol–water partition coefficient (Wildman–Crippen LogP) is 4.51. The van der Waals surface area contributed by atoms with Crippen LogP contribution in [0.15, 0.2) is 28.0 Å². The Labute approximate surface area is 166 Å². The monoisotopic (exact) mass is 410 g/mol. The van der Waals surface area contributed by atoms with Crippen LogP contribution in [0.2, 0.25) is 10.0 Å². The molecule has 0 saturated carbocycles. The largest absolute Gasteiger partial charge is 0.376 e. The molecule has 0 spiro atoms. The number of thioether (sulfide) groups is 1. The lowest BCUT2D eigenvalue weighted by molar-refractivity contribution is 0.0950. The third-order valence-electron chi connectivity index (χ3n) is 4.97. The van der Waals surface area contributed by atoms with Crippen LogP contribution in [0.4, 0.5) is 0 Å². The van der Waals surface area contributed by atoms with Crippen molar-refractivity contribution in [1.29, 1.82) is 0 Å². The lowest BCUT2D eigenvalue weighted by atomic mass is 10.2. The number of halogens is 2. The second kappa shape index (κ2) is 7.93. The van der Waals surface area contributed by atoms with Gasteiger partial charge in [-0.15, -0.1) is 11.8 Å². The van der Waals surface area contributed by atoms with E-state index in [1.54, 1.807) is 17.8 Å². The zero-order valence-electron chi connectivity index (χ0n) is 14.3. The summed E-state index contributed by atoms with van der Waals surface area (Å²) >= 11 is 13.7. The molecule has 0 unspecified atom stereocenters. The third kappa shape index (κ3) is 3.81. The SMILES string of the molecule is O=c1nc(SCc2ccc(Cl)c(Cl)c2)c2c(n1C[C@@H]1CCCO1)CCC2. The van der Waals surface area contributed by atoms with Gasteiger partial charge in [0.1, 0.15) is 5.03 Å². The van der Waals surface area contributed by atoms with Gasteiger partial charge >= 0.3 is 5.69 Å². The van der Waals surface area contributed by atoms with Crippen LogP contribution in [0.5, 0.6) is 0 Å². The highest BCUT2D eigenvalue weighted by Gasteiger charge is 2.25. The van der Waals surface area contributed by atoms with E-state index in [1.807, 2.05) is 16.7 Å². The molecule has 1 aromatic heterocycles. The Hall–Kier alpha value is -1.01. The number of hydrogen-bond donors (Lipinski definition) is 0. The standard InChI is InChI=1S/C19H20Cl2N2O2S/c20-15-7-6-12(9-16(15)21)11-26-18-14-4-1-5-17(14)23(19(24)22-18)10-13-3-2-8-25-13/h6-7,9,13H,1-5,8,10-11H2/t13-/m0/s1. The Morgan fingerprint density at radius 3 is 2.88 bits per heavy atom. The molecule has 1 aliphatic heterocycles. The summed E-state index contributed by atoms with van der Waals surface area (Å²) in [5.41, 5.74) is 3.30. The number of hydrogen-bond acceptors (Lipinski definition) is 4. The van der Waals surface area contributed by atoms with Crippen molar-refractivity contribution in [2.45, 2.75) is 55.5 Å². The number of rotatable bonds is 5. The van der Waals surface area contributed by atoms with E-state index in [0.29, 0.717) is 22.3 Å². The maximum absolute atomic E-state index is 12.6. The lowest BCUT2D eigenvalue weighted by Gasteiger charge is -2.17. The van der Waals surface area contributed by atoms with Gasteiger partial charge in [-0.2, -0.15) is 4.98 Å². The molecule has 2 heterocycles. The first-order valence-corrected chi connectivity index (χ1v) is 10.7. The van der Waals surface area contributed by atoms with Crippen LogP contribution < -0.4 is 5.69 Å². The minimum atomic E-state index is -0.155. The molecule has 2 aromatic rings. The molecule has 4 rings (SSSR count). The van der Waals surface area contributed by atoms with Crippen LogP contribution in [0.3, 0.4) is 0 Å². The molecule has 26 heavy (non-hydrogen) atoms. The number of nitrogens with zero attached hydrogens (tertiary/aromatic N) is 2. The smallest absolute Gasteiger partial charge is 0.348 e. The third-order valence-corrected chi connectivity index (χ3v) is 6.80. The van der Waals surface area contributed by atoms with Gasteiger partial charge in [0.15, 0.2) is 0 Å². The van der Waals surface area contributed by atoms with Gasteiger partial charge in [0.05, 0.1) is 22.7 Å². The molecule has 138 valence electrons. The van der Waals surface area contributed by atoms with E-state index in [2.05, 4.69) is 4.98 Å². The van der Waals surface area contributed by atoms with Gasteiger partial charge in [0.25, 0.3) is 0 Å². The first kappa shape index (κ1) is 18.4. The van der Waals surface area contributed by atoms with Gasteiger partial charge in [0, 0.05) is 23.6 Å². The highest BCUT2D eigenvalue weighted by molar-refractivity contribution is 7.98. The zero-order valence-corrected chi connectivity index (χ0v) is 16.7. The van der Waals surface area contributed by atoms with Crippen LogP contribution in [0.1, 0.15) is 36.1 Å². The molecule has 2 aliphatic rings. The Bertz CT molecular complexity index is 879. The van der Waals surface area contributed by atoms with Crippen molar-refractivity contribution in [3.8, 4) is 0 Å². The van der Waals surface area contributed by atoms with Crippen molar-refractivity contribution in [1.82, 2.24) is 9.55 Å². The highest BCUT2D eigenvalue weighted by atomic mass is 35.5. The molecule has 4 nitrogen and oxygen atoms in total. The molecule has 0 N–H and O–H groups in total. The summed E-state index contributed by atoms with van der Waals surface area (Å²) in [6.45, 7) is 1.43.